The van der Waals surface area contributed by atoms with E-state index in [-0.39, 0.29) is 0 Å². The van der Waals surface area contributed by atoms with E-state index in [0.717, 1.165) is 23.6 Å². The van der Waals surface area contributed by atoms with Crippen LogP contribution in [-0.2, 0) is 6.54 Å². The zero-order chi connectivity index (χ0) is 15.9. The fraction of sp³-hybridized carbons (Fsp3) is 0.389. The highest BCUT2D eigenvalue weighted by Crippen LogP contribution is 2.17. The van der Waals surface area contributed by atoms with Crippen LogP contribution in [0.15, 0.2) is 42.6 Å². The number of pyridine rings is 1. The topological polar surface area (TPSA) is 45.6 Å². The van der Waals surface area contributed by atoms with Crippen molar-refractivity contribution in [3.63, 3.8) is 0 Å². The molecule has 0 amide bonds. The van der Waals surface area contributed by atoms with Crippen molar-refractivity contribution in [3.05, 3.63) is 59.4 Å². The van der Waals surface area contributed by atoms with Gasteiger partial charge in [-0.25, -0.2) is 0 Å². The molecule has 22 heavy (non-hydrogen) atoms. The molecule has 2 aromatic rings. The van der Waals surface area contributed by atoms with Crippen molar-refractivity contribution in [1.82, 2.24) is 9.88 Å². The molecule has 0 radical (unpaired) electrons. The van der Waals surface area contributed by atoms with E-state index in [1.165, 1.54) is 5.56 Å². The van der Waals surface area contributed by atoms with Crippen LogP contribution in [0.2, 0.25) is 0 Å². The maximum absolute atomic E-state index is 10.4. The highest BCUT2D eigenvalue weighted by atomic mass is 16.5. The van der Waals surface area contributed by atoms with E-state index >= 15 is 0 Å². The van der Waals surface area contributed by atoms with Crippen molar-refractivity contribution >= 4 is 0 Å². The number of hydrogen-bond donors (Lipinski definition) is 1. The summed E-state index contributed by atoms with van der Waals surface area (Å²) in [7, 11) is 1.65. The normalized spacial score (nSPS) is 12.4. The maximum Gasteiger partial charge on any atom is 0.122 e. The number of aliphatic hydroxyl groups is 1. The van der Waals surface area contributed by atoms with Crippen LogP contribution in [0.5, 0.6) is 5.75 Å². The highest BCUT2D eigenvalue weighted by molar-refractivity contribution is 5.24. The monoisotopic (exact) mass is 300 g/mol. The molecule has 1 aromatic carbocycles. The SMILES string of the molecule is CCN(Cc1cc(OC)ccn1)CC(O)c1ccc(C)cc1. The molecule has 0 spiro atoms. The van der Waals surface area contributed by atoms with E-state index in [2.05, 4.69) is 16.8 Å². The lowest BCUT2D eigenvalue weighted by molar-refractivity contribution is 0.111. The lowest BCUT2D eigenvalue weighted by atomic mass is 10.1. The number of nitrogens with zero attached hydrogens (tertiary/aromatic N) is 2. The number of rotatable bonds is 7. The largest absolute Gasteiger partial charge is 0.497 e. The zero-order valence-corrected chi connectivity index (χ0v) is 13.5. The summed E-state index contributed by atoms with van der Waals surface area (Å²) in [5.74, 6) is 0.806. The number of hydrogen-bond acceptors (Lipinski definition) is 4. The van der Waals surface area contributed by atoms with Gasteiger partial charge >= 0.3 is 0 Å². The van der Waals surface area contributed by atoms with Crippen LogP contribution < -0.4 is 4.74 Å². The molecular weight excluding hydrogens is 276 g/mol. The summed E-state index contributed by atoms with van der Waals surface area (Å²) in [5, 5.41) is 10.4. The van der Waals surface area contributed by atoms with Gasteiger partial charge in [0, 0.05) is 25.4 Å². The van der Waals surface area contributed by atoms with Crippen molar-refractivity contribution < 1.29 is 9.84 Å². The van der Waals surface area contributed by atoms with Crippen LogP contribution >= 0.6 is 0 Å². The fourth-order valence-corrected chi connectivity index (χ4v) is 2.34. The summed E-state index contributed by atoms with van der Waals surface area (Å²) in [6, 6.07) is 11.8. The average molecular weight is 300 g/mol. The number of ether oxygens (including phenoxy) is 1. The smallest absolute Gasteiger partial charge is 0.122 e. The summed E-state index contributed by atoms with van der Waals surface area (Å²) in [4.78, 5) is 6.54. The number of aromatic nitrogens is 1. The molecule has 1 unspecified atom stereocenters. The standard InChI is InChI=1S/C18H24N2O2/c1-4-20(12-16-11-17(22-3)9-10-19-16)13-18(21)15-7-5-14(2)6-8-15/h5-11,18,21H,4,12-13H2,1-3H3. The quantitative estimate of drug-likeness (QED) is 0.854. The summed E-state index contributed by atoms with van der Waals surface area (Å²) in [6.07, 6.45) is 1.25. The molecular formula is C18H24N2O2. The second-order valence-electron chi connectivity index (χ2n) is 5.44. The second kappa shape index (κ2) is 7.92. The molecule has 0 bridgehead atoms. The van der Waals surface area contributed by atoms with Gasteiger partial charge in [0.1, 0.15) is 5.75 Å². The first-order valence-electron chi connectivity index (χ1n) is 7.58. The van der Waals surface area contributed by atoms with Gasteiger partial charge < -0.3 is 9.84 Å². The molecule has 1 atom stereocenters. The molecule has 0 saturated carbocycles. The molecule has 2 rings (SSSR count). The van der Waals surface area contributed by atoms with Gasteiger partial charge in [-0.2, -0.15) is 0 Å². The zero-order valence-electron chi connectivity index (χ0n) is 13.5. The third kappa shape index (κ3) is 4.55. The predicted molar refractivity (Wildman–Crippen MR) is 87.9 cm³/mol. The third-order valence-corrected chi connectivity index (χ3v) is 3.75. The molecule has 0 aliphatic heterocycles. The van der Waals surface area contributed by atoms with Crippen LogP contribution in [0.3, 0.4) is 0 Å². The first-order chi connectivity index (χ1) is 10.6. The van der Waals surface area contributed by atoms with E-state index < -0.39 is 6.10 Å². The lowest BCUT2D eigenvalue weighted by Gasteiger charge is -2.23. The molecule has 0 saturated heterocycles. The van der Waals surface area contributed by atoms with E-state index in [4.69, 9.17) is 4.74 Å². The van der Waals surface area contributed by atoms with Gasteiger partial charge in [0.25, 0.3) is 0 Å². The van der Waals surface area contributed by atoms with Crippen molar-refractivity contribution in [2.75, 3.05) is 20.2 Å². The van der Waals surface area contributed by atoms with Crippen LogP contribution in [0.1, 0.15) is 29.8 Å². The molecule has 0 fully saturated rings. The first-order valence-corrected chi connectivity index (χ1v) is 7.58. The number of aryl methyl sites for hydroxylation is 1. The van der Waals surface area contributed by atoms with Gasteiger partial charge in [-0.05, 0) is 25.1 Å². The Kier molecular flexibility index (Phi) is 5.92. The fourth-order valence-electron chi connectivity index (χ4n) is 2.34. The molecule has 4 heteroatoms. The molecule has 4 nitrogen and oxygen atoms in total. The van der Waals surface area contributed by atoms with E-state index in [9.17, 15) is 5.11 Å². The first kappa shape index (κ1) is 16.5. The minimum atomic E-state index is -0.494. The van der Waals surface area contributed by atoms with Crippen molar-refractivity contribution in [3.8, 4) is 5.75 Å². The molecule has 1 aromatic heterocycles. The summed E-state index contributed by atoms with van der Waals surface area (Å²) in [5.41, 5.74) is 3.09. The van der Waals surface area contributed by atoms with Gasteiger partial charge in [-0.1, -0.05) is 36.8 Å². The van der Waals surface area contributed by atoms with Crippen LogP contribution in [0.25, 0.3) is 0 Å². The Morgan fingerprint density at radius 3 is 2.59 bits per heavy atom. The second-order valence-corrected chi connectivity index (χ2v) is 5.44. The van der Waals surface area contributed by atoms with E-state index in [1.807, 2.05) is 43.3 Å². The van der Waals surface area contributed by atoms with Gasteiger partial charge in [0.05, 0.1) is 18.9 Å². The summed E-state index contributed by atoms with van der Waals surface area (Å²) >= 11 is 0. The van der Waals surface area contributed by atoms with E-state index in [1.54, 1.807) is 13.3 Å². The molecule has 118 valence electrons. The number of benzene rings is 1. The number of aliphatic hydroxyl groups excluding tert-OH is 1. The summed E-state index contributed by atoms with van der Waals surface area (Å²) in [6.45, 7) is 6.25. The van der Waals surface area contributed by atoms with Crippen molar-refractivity contribution in [1.29, 1.82) is 0 Å². The Morgan fingerprint density at radius 1 is 1.23 bits per heavy atom. The van der Waals surface area contributed by atoms with E-state index in [0.29, 0.717) is 13.1 Å². The Labute approximate surface area is 132 Å². The Balaban J connectivity index is 2.00. The predicted octanol–water partition coefficient (Wildman–Crippen LogP) is 2.95. The molecule has 0 aliphatic carbocycles. The Morgan fingerprint density at radius 2 is 1.95 bits per heavy atom. The third-order valence-electron chi connectivity index (χ3n) is 3.75. The Hall–Kier alpha value is -1.91. The van der Waals surface area contributed by atoms with Gasteiger partial charge in [0.2, 0.25) is 0 Å². The average Bonchev–Trinajstić information content (AvgIpc) is 2.55. The molecule has 1 heterocycles. The van der Waals surface area contributed by atoms with Gasteiger partial charge in [0.15, 0.2) is 0 Å². The van der Waals surface area contributed by atoms with Crippen LogP contribution in [0.4, 0.5) is 0 Å². The Bertz CT molecular complexity index is 584. The van der Waals surface area contributed by atoms with Crippen LogP contribution in [-0.4, -0.2) is 35.2 Å². The maximum atomic E-state index is 10.4. The van der Waals surface area contributed by atoms with Gasteiger partial charge in [-0.3, -0.25) is 9.88 Å². The summed E-state index contributed by atoms with van der Waals surface area (Å²) < 4.78 is 5.22. The lowest BCUT2D eigenvalue weighted by Crippen LogP contribution is -2.28. The minimum absolute atomic E-state index is 0.494. The molecule has 1 N–H and O–H groups in total. The van der Waals surface area contributed by atoms with Crippen molar-refractivity contribution in [2.45, 2.75) is 26.5 Å². The molecule has 0 aliphatic rings. The number of likely N-dealkylation sites (N-methyl/N-ethyl adjacent to an activating group) is 1. The highest BCUT2D eigenvalue weighted by Gasteiger charge is 2.13. The number of methoxy groups -OCH3 is 1. The van der Waals surface area contributed by atoms with Crippen LogP contribution in [0, 0.1) is 6.92 Å². The minimum Gasteiger partial charge on any atom is -0.497 e. The van der Waals surface area contributed by atoms with Gasteiger partial charge in [-0.15, -0.1) is 0 Å². The van der Waals surface area contributed by atoms with Crippen molar-refractivity contribution in [2.24, 2.45) is 0 Å².